The van der Waals surface area contributed by atoms with Gasteiger partial charge in [-0.1, -0.05) is 11.6 Å². The summed E-state index contributed by atoms with van der Waals surface area (Å²) in [5.41, 5.74) is 7.07. The Morgan fingerprint density at radius 2 is 2.29 bits per heavy atom. The van der Waals surface area contributed by atoms with Crippen molar-refractivity contribution < 1.29 is 0 Å². The highest BCUT2D eigenvalue weighted by Crippen LogP contribution is 2.24. The second-order valence-corrected chi connectivity index (χ2v) is 4.61. The fourth-order valence-electron chi connectivity index (χ4n) is 1.19. The molecule has 0 fully saturated rings. The number of terminal acetylenes is 1. The van der Waals surface area contributed by atoms with Crippen LogP contribution in [0.25, 0.3) is 0 Å². The van der Waals surface area contributed by atoms with Crippen LogP contribution >= 0.6 is 34.2 Å². The molecule has 0 aromatic heterocycles. The van der Waals surface area contributed by atoms with E-state index in [-0.39, 0.29) is 6.04 Å². The molecular weight excluding hydrogens is 308 g/mol. The van der Waals surface area contributed by atoms with Crippen molar-refractivity contribution in [2.75, 3.05) is 0 Å². The number of nitrogens with two attached hydrogens (primary N) is 1. The molecule has 2 N–H and O–H groups in total. The van der Waals surface area contributed by atoms with Crippen molar-refractivity contribution in [2.24, 2.45) is 5.73 Å². The van der Waals surface area contributed by atoms with Gasteiger partial charge in [0.05, 0.1) is 0 Å². The average Bonchev–Trinajstić information content (AvgIpc) is 2.18. The number of rotatable bonds is 3. The Bertz CT molecular complexity index is 357. The molecule has 0 amide bonds. The SMILES string of the molecule is C#CCCC(N)c1cc(Cl)ccc1I. The predicted octanol–water partition coefficient (Wildman–Crippen LogP) is 3.36. The van der Waals surface area contributed by atoms with Crippen molar-refractivity contribution in [2.45, 2.75) is 18.9 Å². The molecule has 1 nitrogen and oxygen atoms in total. The maximum Gasteiger partial charge on any atom is 0.0410 e. The minimum atomic E-state index is -0.0170. The Morgan fingerprint density at radius 3 is 2.93 bits per heavy atom. The van der Waals surface area contributed by atoms with E-state index in [1.54, 1.807) is 0 Å². The van der Waals surface area contributed by atoms with Crippen LogP contribution in [0.4, 0.5) is 0 Å². The number of hydrogen-bond donors (Lipinski definition) is 1. The molecule has 1 aromatic carbocycles. The zero-order valence-corrected chi connectivity index (χ0v) is 10.5. The molecule has 0 saturated carbocycles. The molecule has 0 saturated heterocycles. The Labute approximate surface area is 103 Å². The monoisotopic (exact) mass is 319 g/mol. The Kier molecular flexibility index (Phi) is 4.73. The first kappa shape index (κ1) is 11.8. The topological polar surface area (TPSA) is 26.0 Å². The van der Waals surface area contributed by atoms with E-state index in [0.29, 0.717) is 6.42 Å². The van der Waals surface area contributed by atoms with Gasteiger partial charge in [-0.05, 0) is 52.8 Å². The van der Waals surface area contributed by atoms with Crippen molar-refractivity contribution in [3.63, 3.8) is 0 Å². The van der Waals surface area contributed by atoms with Crippen LogP contribution in [0.3, 0.4) is 0 Å². The Hall–Kier alpha value is -0.240. The van der Waals surface area contributed by atoms with Crippen LogP contribution in [0.15, 0.2) is 18.2 Å². The fourth-order valence-corrected chi connectivity index (χ4v) is 2.11. The molecule has 1 aromatic rings. The normalized spacial score (nSPS) is 12.1. The standard InChI is InChI=1S/C11H11ClIN/c1-2-3-4-11(14)9-7-8(12)5-6-10(9)13/h1,5-7,11H,3-4,14H2. The zero-order valence-electron chi connectivity index (χ0n) is 7.63. The Morgan fingerprint density at radius 1 is 1.57 bits per heavy atom. The third-order valence-corrected chi connectivity index (χ3v) is 3.17. The highest BCUT2D eigenvalue weighted by atomic mass is 127. The van der Waals surface area contributed by atoms with E-state index in [1.807, 2.05) is 18.2 Å². The molecule has 0 bridgehead atoms. The van der Waals surface area contributed by atoms with Gasteiger partial charge in [-0.3, -0.25) is 0 Å². The average molecular weight is 320 g/mol. The lowest BCUT2D eigenvalue weighted by atomic mass is 10.0. The van der Waals surface area contributed by atoms with Crippen molar-refractivity contribution >= 4 is 34.2 Å². The van der Waals surface area contributed by atoms with Gasteiger partial charge in [0.2, 0.25) is 0 Å². The Balaban J connectivity index is 2.83. The smallest absolute Gasteiger partial charge is 0.0410 e. The van der Waals surface area contributed by atoms with Gasteiger partial charge in [0.15, 0.2) is 0 Å². The molecule has 0 aliphatic heterocycles. The van der Waals surface area contributed by atoms with Crippen molar-refractivity contribution in [1.82, 2.24) is 0 Å². The molecule has 0 spiro atoms. The molecule has 0 aliphatic rings. The van der Waals surface area contributed by atoms with E-state index in [9.17, 15) is 0 Å². The number of hydrogen-bond acceptors (Lipinski definition) is 1. The van der Waals surface area contributed by atoms with Gasteiger partial charge in [-0.2, -0.15) is 0 Å². The quantitative estimate of drug-likeness (QED) is 0.671. The lowest BCUT2D eigenvalue weighted by Gasteiger charge is -2.12. The third-order valence-electron chi connectivity index (χ3n) is 1.96. The van der Waals surface area contributed by atoms with Crippen LogP contribution in [0.1, 0.15) is 24.4 Å². The summed E-state index contributed by atoms with van der Waals surface area (Å²) in [6.45, 7) is 0. The summed E-state index contributed by atoms with van der Waals surface area (Å²) < 4.78 is 1.14. The lowest BCUT2D eigenvalue weighted by molar-refractivity contribution is 0.665. The van der Waals surface area contributed by atoms with Gasteiger partial charge in [0.1, 0.15) is 0 Å². The molecule has 1 atom stereocenters. The van der Waals surface area contributed by atoms with Crippen LogP contribution < -0.4 is 5.73 Å². The second kappa shape index (κ2) is 5.59. The predicted molar refractivity (Wildman–Crippen MR) is 69.2 cm³/mol. The first-order valence-corrected chi connectivity index (χ1v) is 5.75. The maximum absolute atomic E-state index is 5.99. The van der Waals surface area contributed by atoms with Crippen LogP contribution in [-0.2, 0) is 0 Å². The first-order valence-electron chi connectivity index (χ1n) is 4.29. The molecular formula is C11H11ClIN. The lowest BCUT2D eigenvalue weighted by Crippen LogP contribution is -2.11. The minimum Gasteiger partial charge on any atom is -0.324 e. The van der Waals surface area contributed by atoms with Gasteiger partial charge >= 0.3 is 0 Å². The molecule has 1 unspecified atom stereocenters. The summed E-state index contributed by atoms with van der Waals surface area (Å²) >= 11 is 8.15. The van der Waals surface area contributed by atoms with Crippen LogP contribution in [0.2, 0.25) is 5.02 Å². The van der Waals surface area contributed by atoms with Crippen molar-refractivity contribution in [1.29, 1.82) is 0 Å². The highest BCUT2D eigenvalue weighted by Gasteiger charge is 2.09. The van der Waals surface area contributed by atoms with Gasteiger partial charge in [0.25, 0.3) is 0 Å². The molecule has 74 valence electrons. The van der Waals surface area contributed by atoms with Crippen LogP contribution in [0.5, 0.6) is 0 Å². The van der Waals surface area contributed by atoms with Gasteiger partial charge in [-0.25, -0.2) is 0 Å². The molecule has 0 aliphatic carbocycles. The van der Waals surface area contributed by atoms with Crippen LogP contribution in [0, 0.1) is 15.9 Å². The van der Waals surface area contributed by atoms with E-state index >= 15 is 0 Å². The highest BCUT2D eigenvalue weighted by molar-refractivity contribution is 14.1. The molecule has 0 heterocycles. The van der Waals surface area contributed by atoms with Crippen molar-refractivity contribution in [3.05, 3.63) is 32.4 Å². The van der Waals surface area contributed by atoms with Crippen LogP contribution in [-0.4, -0.2) is 0 Å². The van der Waals surface area contributed by atoms with Gasteiger partial charge in [-0.15, -0.1) is 12.3 Å². The molecule has 3 heteroatoms. The van der Waals surface area contributed by atoms with E-state index in [2.05, 4.69) is 28.5 Å². The molecule has 14 heavy (non-hydrogen) atoms. The van der Waals surface area contributed by atoms with Gasteiger partial charge < -0.3 is 5.73 Å². The van der Waals surface area contributed by atoms with Crippen molar-refractivity contribution in [3.8, 4) is 12.3 Å². The summed E-state index contributed by atoms with van der Waals surface area (Å²) in [7, 11) is 0. The first-order chi connectivity index (χ1) is 6.65. The maximum atomic E-state index is 5.99. The summed E-state index contributed by atoms with van der Waals surface area (Å²) in [6.07, 6.45) is 6.69. The van der Waals surface area contributed by atoms with E-state index < -0.39 is 0 Å². The largest absolute Gasteiger partial charge is 0.324 e. The zero-order chi connectivity index (χ0) is 10.6. The van der Waals surface area contributed by atoms with E-state index in [4.69, 9.17) is 23.8 Å². The molecule has 1 rings (SSSR count). The number of halogens is 2. The van der Waals surface area contributed by atoms with Gasteiger partial charge in [0, 0.05) is 21.1 Å². The van der Waals surface area contributed by atoms with E-state index in [1.165, 1.54) is 0 Å². The summed E-state index contributed by atoms with van der Waals surface area (Å²) in [5, 5.41) is 0.719. The fraction of sp³-hybridized carbons (Fsp3) is 0.273. The third kappa shape index (κ3) is 3.16. The number of benzene rings is 1. The summed E-state index contributed by atoms with van der Waals surface area (Å²) in [6, 6.07) is 5.72. The second-order valence-electron chi connectivity index (χ2n) is 3.02. The van der Waals surface area contributed by atoms with E-state index in [0.717, 1.165) is 20.6 Å². The molecule has 0 radical (unpaired) electrons. The summed E-state index contributed by atoms with van der Waals surface area (Å²) in [5.74, 6) is 2.59. The summed E-state index contributed by atoms with van der Waals surface area (Å²) in [4.78, 5) is 0. The minimum absolute atomic E-state index is 0.0170.